The maximum Gasteiger partial charge on any atom is 0.387 e. The number of aromatic nitrogens is 3. The van der Waals surface area contributed by atoms with E-state index in [1.54, 1.807) is 23.6 Å². The standard InChI is InChI=1S/C15H10BrF2N3O2/c1-8-13(21-7-11(16)19-6-12(21)20-8)14(22)9-4-2-3-5-10(9)23-15(17)18/h2-7,15H,1H3. The van der Waals surface area contributed by atoms with Gasteiger partial charge in [-0.1, -0.05) is 12.1 Å². The Morgan fingerprint density at radius 1 is 1.35 bits per heavy atom. The smallest absolute Gasteiger partial charge is 0.387 e. The van der Waals surface area contributed by atoms with Crippen LogP contribution in [-0.2, 0) is 0 Å². The van der Waals surface area contributed by atoms with E-state index in [-0.39, 0.29) is 17.0 Å². The number of halogens is 3. The summed E-state index contributed by atoms with van der Waals surface area (Å²) in [7, 11) is 0. The monoisotopic (exact) mass is 381 g/mol. The normalized spacial score (nSPS) is 11.2. The van der Waals surface area contributed by atoms with Crippen molar-refractivity contribution >= 4 is 27.4 Å². The summed E-state index contributed by atoms with van der Waals surface area (Å²) in [5.41, 5.74) is 1.28. The van der Waals surface area contributed by atoms with E-state index in [0.717, 1.165) is 0 Å². The lowest BCUT2D eigenvalue weighted by Crippen LogP contribution is -2.11. The SMILES string of the molecule is Cc1nc2cnc(Br)cn2c1C(=O)c1ccccc1OC(F)F. The third kappa shape index (κ3) is 2.94. The molecule has 2 heterocycles. The van der Waals surface area contributed by atoms with E-state index < -0.39 is 12.4 Å². The van der Waals surface area contributed by atoms with Gasteiger partial charge in [0.2, 0.25) is 5.78 Å². The molecule has 118 valence electrons. The number of ketones is 1. The van der Waals surface area contributed by atoms with Gasteiger partial charge >= 0.3 is 6.61 Å². The Bertz CT molecular complexity index is 896. The summed E-state index contributed by atoms with van der Waals surface area (Å²) in [4.78, 5) is 21.1. The number of nitrogens with zero attached hydrogens (tertiary/aromatic N) is 3. The van der Waals surface area contributed by atoms with E-state index >= 15 is 0 Å². The second kappa shape index (κ2) is 6.04. The van der Waals surface area contributed by atoms with Crippen molar-refractivity contribution in [2.24, 2.45) is 0 Å². The van der Waals surface area contributed by atoms with Crippen LogP contribution in [0.25, 0.3) is 5.65 Å². The molecule has 2 aromatic heterocycles. The average molecular weight is 382 g/mol. The van der Waals surface area contributed by atoms with Crippen molar-refractivity contribution in [3.63, 3.8) is 0 Å². The molecule has 0 bridgehead atoms. The fraction of sp³-hybridized carbons (Fsp3) is 0.133. The van der Waals surface area contributed by atoms with Crippen molar-refractivity contribution in [3.8, 4) is 5.75 Å². The zero-order valence-corrected chi connectivity index (χ0v) is 13.4. The van der Waals surface area contributed by atoms with Gasteiger partial charge in [-0.15, -0.1) is 0 Å². The average Bonchev–Trinajstić information content (AvgIpc) is 2.81. The van der Waals surface area contributed by atoms with Crippen LogP contribution in [0.3, 0.4) is 0 Å². The van der Waals surface area contributed by atoms with Crippen LogP contribution in [0.5, 0.6) is 5.75 Å². The molecule has 0 saturated heterocycles. The van der Waals surface area contributed by atoms with Crippen LogP contribution in [0.2, 0.25) is 0 Å². The number of alkyl halides is 2. The molecule has 3 aromatic rings. The molecular weight excluding hydrogens is 372 g/mol. The molecule has 3 rings (SSSR count). The molecule has 0 radical (unpaired) electrons. The zero-order chi connectivity index (χ0) is 16.6. The Labute approximate surface area is 138 Å². The summed E-state index contributed by atoms with van der Waals surface area (Å²) in [6, 6.07) is 5.88. The van der Waals surface area contributed by atoms with E-state index in [0.29, 0.717) is 15.9 Å². The van der Waals surface area contributed by atoms with Gasteiger partial charge in [0.25, 0.3) is 0 Å². The lowest BCUT2D eigenvalue weighted by molar-refractivity contribution is -0.0501. The minimum absolute atomic E-state index is 0.0469. The van der Waals surface area contributed by atoms with Gasteiger partial charge in [-0.2, -0.15) is 8.78 Å². The molecule has 0 unspecified atom stereocenters. The van der Waals surface area contributed by atoms with Gasteiger partial charge in [0.05, 0.1) is 17.5 Å². The van der Waals surface area contributed by atoms with Gasteiger partial charge in [0, 0.05) is 6.20 Å². The fourth-order valence-electron chi connectivity index (χ4n) is 2.30. The number of fused-ring (bicyclic) bond motifs is 1. The number of carbonyl (C=O) groups excluding carboxylic acids is 1. The number of benzene rings is 1. The van der Waals surface area contributed by atoms with Crippen LogP contribution in [-0.4, -0.2) is 26.8 Å². The molecule has 1 aromatic carbocycles. The topological polar surface area (TPSA) is 56.5 Å². The minimum Gasteiger partial charge on any atom is -0.434 e. The van der Waals surface area contributed by atoms with Gasteiger partial charge in [-0.25, -0.2) is 9.97 Å². The van der Waals surface area contributed by atoms with Crippen molar-refractivity contribution in [1.29, 1.82) is 0 Å². The van der Waals surface area contributed by atoms with E-state index in [2.05, 4.69) is 30.6 Å². The largest absolute Gasteiger partial charge is 0.434 e. The summed E-state index contributed by atoms with van der Waals surface area (Å²) in [5, 5.41) is 0. The number of aryl methyl sites for hydroxylation is 1. The number of imidazole rings is 1. The minimum atomic E-state index is -3.01. The molecular formula is C15H10BrF2N3O2. The molecule has 0 aliphatic carbocycles. The molecule has 0 fully saturated rings. The highest BCUT2D eigenvalue weighted by Crippen LogP contribution is 2.25. The number of hydrogen-bond donors (Lipinski definition) is 0. The Hall–Kier alpha value is -2.35. The summed E-state index contributed by atoms with van der Waals surface area (Å²) in [6.45, 7) is -1.34. The zero-order valence-electron chi connectivity index (χ0n) is 11.8. The van der Waals surface area contributed by atoms with Crippen LogP contribution in [0.15, 0.2) is 41.3 Å². The van der Waals surface area contributed by atoms with E-state index in [1.807, 2.05) is 0 Å². The predicted molar refractivity (Wildman–Crippen MR) is 81.9 cm³/mol. The number of carbonyl (C=O) groups is 1. The van der Waals surface area contributed by atoms with E-state index in [1.165, 1.54) is 24.4 Å². The highest BCUT2D eigenvalue weighted by atomic mass is 79.9. The fourth-order valence-corrected chi connectivity index (χ4v) is 2.61. The predicted octanol–water partition coefficient (Wildman–Crippen LogP) is 3.63. The third-order valence-corrected chi connectivity index (χ3v) is 3.62. The van der Waals surface area contributed by atoms with Gasteiger partial charge in [-0.3, -0.25) is 9.20 Å². The maximum absolute atomic E-state index is 12.8. The molecule has 0 spiro atoms. The lowest BCUT2D eigenvalue weighted by atomic mass is 10.1. The second-order valence-corrected chi connectivity index (χ2v) is 5.50. The Morgan fingerprint density at radius 2 is 2.09 bits per heavy atom. The van der Waals surface area contributed by atoms with E-state index in [9.17, 15) is 13.6 Å². The maximum atomic E-state index is 12.8. The first-order valence-corrected chi connectivity index (χ1v) is 7.35. The summed E-state index contributed by atoms with van der Waals surface area (Å²) >= 11 is 3.23. The molecule has 0 N–H and O–H groups in total. The van der Waals surface area contributed by atoms with E-state index in [4.69, 9.17) is 0 Å². The second-order valence-electron chi connectivity index (χ2n) is 4.69. The molecule has 0 amide bonds. The van der Waals surface area contributed by atoms with Crippen molar-refractivity contribution in [2.45, 2.75) is 13.5 Å². The molecule has 5 nitrogen and oxygen atoms in total. The Morgan fingerprint density at radius 3 is 2.83 bits per heavy atom. The number of para-hydroxylation sites is 1. The van der Waals surface area contributed by atoms with Gasteiger partial charge in [0.1, 0.15) is 16.0 Å². The van der Waals surface area contributed by atoms with Crippen LogP contribution in [0, 0.1) is 6.92 Å². The first-order valence-electron chi connectivity index (χ1n) is 6.56. The molecule has 23 heavy (non-hydrogen) atoms. The molecule has 0 saturated carbocycles. The lowest BCUT2D eigenvalue weighted by Gasteiger charge is -2.10. The molecule has 8 heteroatoms. The van der Waals surface area contributed by atoms with Crippen molar-refractivity contribution < 1.29 is 18.3 Å². The first kappa shape index (κ1) is 15.5. The molecule has 0 aliphatic heterocycles. The van der Waals surface area contributed by atoms with Crippen LogP contribution >= 0.6 is 15.9 Å². The van der Waals surface area contributed by atoms with Crippen LogP contribution in [0.4, 0.5) is 8.78 Å². The molecule has 0 aliphatic rings. The van der Waals surface area contributed by atoms with Crippen molar-refractivity contribution in [2.75, 3.05) is 0 Å². The summed E-state index contributed by atoms with van der Waals surface area (Å²) < 4.78 is 31.6. The summed E-state index contributed by atoms with van der Waals surface area (Å²) in [5.74, 6) is -0.626. The van der Waals surface area contributed by atoms with Crippen molar-refractivity contribution in [1.82, 2.24) is 14.4 Å². The van der Waals surface area contributed by atoms with Gasteiger partial charge in [0.15, 0.2) is 5.65 Å². The Kier molecular flexibility index (Phi) is 4.08. The first-order chi connectivity index (χ1) is 11.0. The quantitative estimate of drug-likeness (QED) is 0.647. The van der Waals surface area contributed by atoms with Gasteiger partial charge < -0.3 is 4.74 Å². The number of ether oxygens (including phenoxy) is 1. The van der Waals surface area contributed by atoms with Gasteiger partial charge in [-0.05, 0) is 35.0 Å². The van der Waals surface area contributed by atoms with Crippen molar-refractivity contribution in [3.05, 3.63) is 58.2 Å². The number of hydrogen-bond acceptors (Lipinski definition) is 4. The number of rotatable bonds is 4. The van der Waals surface area contributed by atoms with Crippen LogP contribution in [0.1, 0.15) is 21.7 Å². The summed E-state index contributed by atoms with van der Waals surface area (Å²) in [6.07, 6.45) is 3.11. The Balaban J connectivity index is 2.15. The molecule has 0 atom stereocenters. The highest BCUT2D eigenvalue weighted by Gasteiger charge is 2.22. The third-order valence-electron chi connectivity index (χ3n) is 3.21. The van der Waals surface area contributed by atoms with Crippen LogP contribution < -0.4 is 4.74 Å². The highest BCUT2D eigenvalue weighted by molar-refractivity contribution is 9.10.